The van der Waals surface area contributed by atoms with Gasteiger partial charge in [-0.15, -0.1) is 0 Å². The second-order valence-corrected chi connectivity index (χ2v) is 3.27. The Hall–Kier alpha value is -2.04. The van der Waals surface area contributed by atoms with Crippen LogP contribution in [0.5, 0.6) is 11.5 Å². The number of carboxylic acids is 1. The van der Waals surface area contributed by atoms with Gasteiger partial charge in [0.1, 0.15) is 5.78 Å². The molecule has 0 bridgehead atoms. The number of carbonyl (C=O) groups excluding carboxylic acids is 1. The summed E-state index contributed by atoms with van der Waals surface area (Å²) in [7, 11) is 1.52. The van der Waals surface area contributed by atoms with Gasteiger partial charge < -0.3 is 19.7 Å². The predicted octanol–water partition coefficient (Wildman–Crippen LogP) is 1.84. The van der Waals surface area contributed by atoms with Crippen LogP contribution in [0.1, 0.15) is 19.8 Å². The number of aromatic hydroxyl groups is 1. The summed E-state index contributed by atoms with van der Waals surface area (Å²) in [6.07, 6.45) is 0.102. The van der Waals surface area contributed by atoms with E-state index in [1.54, 1.807) is 24.3 Å². The fourth-order valence-corrected chi connectivity index (χ4v) is 0.913. The number of hydrogen-bond acceptors (Lipinski definition) is 4. The Balaban J connectivity index is 0.000000304. The molecule has 1 aromatic rings. The van der Waals surface area contributed by atoms with E-state index >= 15 is 0 Å². The summed E-state index contributed by atoms with van der Waals surface area (Å²) in [5.74, 6) is -0.301. The number of rotatable bonds is 4. The number of carboxylic acid groups (broad SMARTS) is 1. The molecule has 0 aliphatic carbocycles. The number of phenols is 1. The highest BCUT2D eigenvalue weighted by atomic mass is 16.5. The molecule has 0 fully saturated rings. The summed E-state index contributed by atoms with van der Waals surface area (Å²) in [6.45, 7) is 1.38. The molecule has 0 aliphatic rings. The highest BCUT2D eigenvalue weighted by Gasteiger charge is 1.97. The van der Waals surface area contributed by atoms with Crippen molar-refractivity contribution in [3.8, 4) is 11.5 Å². The van der Waals surface area contributed by atoms with Gasteiger partial charge in [0.2, 0.25) is 0 Å². The van der Waals surface area contributed by atoms with Crippen molar-refractivity contribution in [3.05, 3.63) is 24.3 Å². The molecule has 94 valence electrons. The zero-order chi connectivity index (χ0) is 13.3. The van der Waals surface area contributed by atoms with Crippen LogP contribution in [0.25, 0.3) is 0 Å². The van der Waals surface area contributed by atoms with Crippen molar-refractivity contribution in [2.24, 2.45) is 0 Å². The van der Waals surface area contributed by atoms with Gasteiger partial charge in [-0.25, -0.2) is 0 Å². The van der Waals surface area contributed by atoms with E-state index in [9.17, 15) is 9.59 Å². The third-order valence-electron chi connectivity index (χ3n) is 1.78. The molecule has 0 aromatic heterocycles. The maximum atomic E-state index is 10.1. The van der Waals surface area contributed by atoms with Crippen LogP contribution >= 0.6 is 0 Å². The minimum Gasteiger partial charge on any atom is -0.504 e. The number of carbonyl (C=O) groups is 2. The van der Waals surface area contributed by atoms with Gasteiger partial charge in [0.15, 0.2) is 11.5 Å². The standard InChI is InChI=1S/C7H8O2.C5H8O3/c1-9-7-5-3-2-4-6(7)8;1-4(6)2-3-5(7)8/h2-5,8H,1H3;2-3H2,1H3,(H,7,8). The van der Waals surface area contributed by atoms with E-state index in [-0.39, 0.29) is 24.4 Å². The maximum absolute atomic E-state index is 10.1. The minimum atomic E-state index is -0.916. The quantitative estimate of drug-likeness (QED) is 0.838. The van der Waals surface area contributed by atoms with Gasteiger partial charge in [0.05, 0.1) is 13.5 Å². The van der Waals surface area contributed by atoms with E-state index in [0.717, 1.165) is 0 Å². The average molecular weight is 240 g/mol. The second-order valence-electron chi connectivity index (χ2n) is 3.27. The topological polar surface area (TPSA) is 83.8 Å². The predicted molar refractivity (Wildman–Crippen MR) is 62.2 cm³/mol. The number of benzene rings is 1. The van der Waals surface area contributed by atoms with Crippen molar-refractivity contribution in [1.82, 2.24) is 0 Å². The molecule has 0 aliphatic heterocycles. The third-order valence-corrected chi connectivity index (χ3v) is 1.78. The Labute approximate surface area is 99.7 Å². The minimum absolute atomic E-state index is 0.0463. The molecule has 1 rings (SSSR count). The van der Waals surface area contributed by atoms with Crippen molar-refractivity contribution in [1.29, 1.82) is 0 Å². The van der Waals surface area contributed by atoms with Crippen molar-refractivity contribution < 1.29 is 24.5 Å². The number of ketones is 1. The van der Waals surface area contributed by atoms with Crippen molar-refractivity contribution in [2.45, 2.75) is 19.8 Å². The van der Waals surface area contributed by atoms with E-state index in [2.05, 4.69) is 0 Å². The molecule has 0 spiro atoms. The number of phenolic OH excluding ortho intramolecular Hbond substituents is 1. The lowest BCUT2D eigenvalue weighted by atomic mass is 10.2. The summed E-state index contributed by atoms with van der Waals surface area (Å²) in [5.41, 5.74) is 0. The van der Waals surface area contributed by atoms with Crippen LogP contribution in [-0.4, -0.2) is 29.1 Å². The smallest absolute Gasteiger partial charge is 0.303 e. The van der Waals surface area contributed by atoms with Gasteiger partial charge in [0, 0.05) is 6.42 Å². The third kappa shape index (κ3) is 7.84. The highest BCUT2D eigenvalue weighted by molar-refractivity contribution is 5.80. The number of aliphatic carboxylic acids is 1. The normalized spacial score (nSPS) is 8.82. The Morgan fingerprint density at radius 3 is 2.12 bits per heavy atom. The fourth-order valence-electron chi connectivity index (χ4n) is 0.913. The van der Waals surface area contributed by atoms with Crippen LogP contribution in [0, 0.1) is 0 Å². The number of para-hydroxylation sites is 2. The van der Waals surface area contributed by atoms with Crippen LogP contribution in [-0.2, 0) is 9.59 Å². The molecule has 2 N–H and O–H groups in total. The average Bonchev–Trinajstić information content (AvgIpc) is 2.28. The van der Waals surface area contributed by atoms with Gasteiger partial charge in [-0.2, -0.15) is 0 Å². The van der Waals surface area contributed by atoms with Gasteiger partial charge in [0.25, 0.3) is 0 Å². The summed E-state index contributed by atoms with van der Waals surface area (Å²) in [4.78, 5) is 19.8. The number of Topliss-reactive ketones (excluding diaryl/α,β-unsaturated/α-hetero) is 1. The molecule has 0 atom stereocenters. The first-order chi connectivity index (χ1) is 7.97. The van der Waals surface area contributed by atoms with Gasteiger partial charge in [-0.1, -0.05) is 12.1 Å². The Morgan fingerprint density at radius 1 is 1.24 bits per heavy atom. The zero-order valence-electron chi connectivity index (χ0n) is 9.84. The van der Waals surface area contributed by atoms with Crippen molar-refractivity contribution >= 4 is 11.8 Å². The van der Waals surface area contributed by atoms with Gasteiger partial charge in [-0.3, -0.25) is 4.79 Å². The second kappa shape index (κ2) is 8.15. The largest absolute Gasteiger partial charge is 0.504 e. The molecule has 0 unspecified atom stereocenters. The Morgan fingerprint density at radius 2 is 1.82 bits per heavy atom. The van der Waals surface area contributed by atoms with Crippen LogP contribution in [0.15, 0.2) is 24.3 Å². The van der Waals surface area contributed by atoms with E-state index in [1.807, 2.05) is 0 Å². The Bertz CT molecular complexity index is 359. The van der Waals surface area contributed by atoms with E-state index in [0.29, 0.717) is 5.75 Å². The lowest BCUT2D eigenvalue weighted by Crippen LogP contribution is -1.98. The summed E-state index contributed by atoms with van der Waals surface area (Å²) >= 11 is 0. The van der Waals surface area contributed by atoms with Crippen LogP contribution in [0.4, 0.5) is 0 Å². The van der Waals surface area contributed by atoms with Crippen LogP contribution in [0.2, 0.25) is 0 Å². The molecular weight excluding hydrogens is 224 g/mol. The summed E-state index contributed by atoms with van der Waals surface area (Å²) < 4.78 is 4.79. The molecular formula is C12H16O5. The number of ether oxygens (including phenoxy) is 1. The van der Waals surface area contributed by atoms with Crippen LogP contribution < -0.4 is 4.74 Å². The molecule has 17 heavy (non-hydrogen) atoms. The molecule has 5 heteroatoms. The van der Waals surface area contributed by atoms with Gasteiger partial charge >= 0.3 is 5.97 Å². The monoisotopic (exact) mass is 240 g/mol. The highest BCUT2D eigenvalue weighted by Crippen LogP contribution is 2.22. The maximum Gasteiger partial charge on any atom is 0.303 e. The van der Waals surface area contributed by atoms with E-state index in [1.165, 1.54) is 14.0 Å². The first kappa shape index (κ1) is 15.0. The first-order valence-corrected chi connectivity index (χ1v) is 5.00. The van der Waals surface area contributed by atoms with E-state index < -0.39 is 5.97 Å². The molecule has 5 nitrogen and oxygen atoms in total. The van der Waals surface area contributed by atoms with Crippen LogP contribution in [0.3, 0.4) is 0 Å². The lowest BCUT2D eigenvalue weighted by Gasteiger charge is -1.99. The number of methoxy groups -OCH3 is 1. The van der Waals surface area contributed by atoms with Crippen molar-refractivity contribution in [2.75, 3.05) is 7.11 Å². The lowest BCUT2D eigenvalue weighted by molar-refractivity contribution is -0.138. The van der Waals surface area contributed by atoms with Crippen molar-refractivity contribution in [3.63, 3.8) is 0 Å². The molecule has 1 aromatic carbocycles. The zero-order valence-corrected chi connectivity index (χ0v) is 9.84. The molecule has 0 amide bonds. The number of hydrogen-bond donors (Lipinski definition) is 2. The van der Waals surface area contributed by atoms with E-state index in [4.69, 9.17) is 14.9 Å². The molecule has 0 saturated carbocycles. The SMILES string of the molecule is CC(=O)CCC(=O)O.COc1ccccc1O. The Kier molecular flexibility index (Phi) is 7.17. The summed E-state index contributed by atoms with van der Waals surface area (Å²) in [5, 5.41) is 17.0. The first-order valence-electron chi connectivity index (χ1n) is 5.00. The fraction of sp³-hybridized carbons (Fsp3) is 0.333. The molecule has 0 radical (unpaired) electrons. The molecule has 0 heterocycles. The summed E-state index contributed by atoms with van der Waals surface area (Å²) in [6, 6.07) is 6.84. The molecule has 0 saturated heterocycles. The van der Waals surface area contributed by atoms with Gasteiger partial charge in [-0.05, 0) is 19.1 Å².